The van der Waals surface area contributed by atoms with Gasteiger partial charge in [0, 0.05) is 13.0 Å². The molecule has 11 heteroatoms. The highest BCUT2D eigenvalue weighted by Crippen LogP contribution is 2.43. The van der Waals surface area contributed by atoms with Crippen LogP contribution in [0, 0.1) is 0 Å². The summed E-state index contributed by atoms with van der Waals surface area (Å²) in [6.45, 7) is 3.75. The summed E-state index contributed by atoms with van der Waals surface area (Å²) in [7, 11) is -4.63. The minimum atomic E-state index is -4.63. The normalized spacial score (nSPS) is 14.3. The van der Waals surface area contributed by atoms with Crippen molar-refractivity contribution in [2.24, 2.45) is 5.73 Å². The molecule has 354 valence electrons. The number of phosphoric acid groups is 1. The fourth-order valence-electron chi connectivity index (χ4n) is 6.57. The second-order valence-corrected chi connectivity index (χ2v) is 17.7. The van der Waals surface area contributed by atoms with Crippen molar-refractivity contribution >= 4 is 19.8 Å². The molecule has 0 amide bonds. The zero-order chi connectivity index (χ0) is 44.8. The number of carboxylic acids is 1. The maximum Gasteiger partial charge on any atom is 0.472 e. The molecular formula is C50H90NO9P. The summed E-state index contributed by atoms with van der Waals surface area (Å²) in [5, 5.41) is 8.92. The van der Waals surface area contributed by atoms with Crippen molar-refractivity contribution in [3.8, 4) is 0 Å². The van der Waals surface area contributed by atoms with Gasteiger partial charge < -0.3 is 25.2 Å². The van der Waals surface area contributed by atoms with E-state index in [0.717, 1.165) is 70.6 Å². The van der Waals surface area contributed by atoms with Crippen molar-refractivity contribution in [3.05, 3.63) is 60.8 Å². The summed E-state index contributed by atoms with van der Waals surface area (Å²) < 4.78 is 33.4. The Balaban J connectivity index is 4.22. The molecule has 0 saturated heterocycles. The Kier molecular flexibility index (Phi) is 43.9. The Morgan fingerprint density at radius 1 is 0.541 bits per heavy atom. The minimum absolute atomic E-state index is 0.00355. The Morgan fingerprint density at radius 3 is 1.41 bits per heavy atom. The third-order valence-corrected chi connectivity index (χ3v) is 11.3. The molecule has 0 radical (unpaired) electrons. The highest BCUT2D eigenvalue weighted by atomic mass is 31.2. The van der Waals surface area contributed by atoms with Gasteiger partial charge in [-0.1, -0.05) is 203 Å². The van der Waals surface area contributed by atoms with Gasteiger partial charge in [-0.2, -0.15) is 0 Å². The van der Waals surface area contributed by atoms with Gasteiger partial charge in [0.25, 0.3) is 0 Å². The summed E-state index contributed by atoms with van der Waals surface area (Å²) in [6.07, 6.45) is 55.6. The summed E-state index contributed by atoms with van der Waals surface area (Å²) >= 11 is 0. The van der Waals surface area contributed by atoms with E-state index < -0.39 is 45.1 Å². The predicted octanol–water partition coefficient (Wildman–Crippen LogP) is 14.0. The average Bonchev–Trinajstić information content (AvgIpc) is 3.24. The van der Waals surface area contributed by atoms with Crippen molar-refractivity contribution in [1.29, 1.82) is 0 Å². The van der Waals surface area contributed by atoms with Crippen LogP contribution in [0.5, 0.6) is 0 Å². The summed E-state index contributed by atoms with van der Waals surface area (Å²) in [4.78, 5) is 33.6. The highest BCUT2D eigenvalue weighted by molar-refractivity contribution is 7.47. The van der Waals surface area contributed by atoms with Crippen molar-refractivity contribution in [2.75, 3.05) is 26.4 Å². The quantitative estimate of drug-likeness (QED) is 0.0233. The van der Waals surface area contributed by atoms with Gasteiger partial charge in [0.05, 0.1) is 19.8 Å². The Morgan fingerprint density at radius 2 is 0.951 bits per heavy atom. The predicted molar refractivity (Wildman–Crippen MR) is 254 cm³/mol. The highest BCUT2D eigenvalue weighted by Gasteiger charge is 2.27. The first kappa shape index (κ1) is 58.7. The third kappa shape index (κ3) is 45.5. The number of allylic oxidation sites excluding steroid dienone is 10. The number of unbranched alkanes of at least 4 members (excludes halogenated alkanes) is 22. The Labute approximate surface area is 372 Å². The molecule has 0 aromatic rings. The summed E-state index contributed by atoms with van der Waals surface area (Å²) in [5.74, 6) is -1.81. The summed E-state index contributed by atoms with van der Waals surface area (Å²) in [6, 6.07) is -1.48. The van der Waals surface area contributed by atoms with Crippen LogP contribution in [0.4, 0.5) is 0 Å². The number of nitrogens with two attached hydrogens (primary N) is 1. The number of hydrogen-bond acceptors (Lipinski definition) is 8. The van der Waals surface area contributed by atoms with E-state index in [0.29, 0.717) is 13.0 Å². The number of hydrogen-bond donors (Lipinski definition) is 3. The Hall–Kier alpha value is -2.33. The lowest BCUT2D eigenvalue weighted by Crippen LogP contribution is -2.34. The monoisotopic (exact) mass is 880 g/mol. The second kappa shape index (κ2) is 45.7. The van der Waals surface area contributed by atoms with Crippen LogP contribution < -0.4 is 5.73 Å². The molecule has 10 nitrogen and oxygen atoms in total. The molecule has 0 rings (SSSR count). The van der Waals surface area contributed by atoms with Gasteiger partial charge in [0.15, 0.2) is 0 Å². The molecule has 0 spiro atoms. The maximum absolute atomic E-state index is 12.7. The SMILES string of the molecule is CC/C=C\C/C=C\C/C=C\C/C=C\C/C=C\CCCCCC(=O)OC(COCCCCCCCCCCCCCCCCCCCCCC)COP(=O)(O)OCC(N)C(=O)O. The van der Waals surface area contributed by atoms with Crippen LogP contribution in [-0.4, -0.2) is 60.5 Å². The molecule has 0 bridgehead atoms. The molecule has 0 heterocycles. The van der Waals surface area contributed by atoms with Gasteiger partial charge in [-0.15, -0.1) is 0 Å². The molecule has 0 saturated carbocycles. The lowest BCUT2D eigenvalue weighted by Gasteiger charge is -2.20. The first-order valence-corrected chi connectivity index (χ1v) is 25.8. The first-order chi connectivity index (χ1) is 29.7. The second-order valence-electron chi connectivity index (χ2n) is 16.2. The first-order valence-electron chi connectivity index (χ1n) is 24.3. The number of carbonyl (C=O) groups is 2. The van der Waals surface area contributed by atoms with Crippen LogP contribution in [0.1, 0.15) is 206 Å². The van der Waals surface area contributed by atoms with Gasteiger partial charge >= 0.3 is 19.8 Å². The van der Waals surface area contributed by atoms with E-state index in [1.165, 1.54) is 109 Å². The van der Waals surface area contributed by atoms with Gasteiger partial charge in [0.2, 0.25) is 0 Å². The molecule has 3 unspecified atom stereocenters. The largest absolute Gasteiger partial charge is 0.480 e. The van der Waals surface area contributed by atoms with Gasteiger partial charge in [-0.3, -0.25) is 18.6 Å². The number of ether oxygens (including phenoxy) is 2. The van der Waals surface area contributed by atoms with E-state index in [2.05, 4.69) is 74.6 Å². The van der Waals surface area contributed by atoms with Crippen LogP contribution in [0.25, 0.3) is 0 Å². The molecule has 0 aromatic carbocycles. The fraction of sp³-hybridized carbons (Fsp3) is 0.760. The molecule has 0 fully saturated rings. The molecule has 0 aliphatic heterocycles. The lowest BCUT2D eigenvalue weighted by molar-refractivity contribution is -0.154. The van der Waals surface area contributed by atoms with E-state index in [-0.39, 0.29) is 13.0 Å². The van der Waals surface area contributed by atoms with E-state index in [1.54, 1.807) is 0 Å². The van der Waals surface area contributed by atoms with Gasteiger partial charge in [-0.25, -0.2) is 4.57 Å². The molecule has 0 aliphatic rings. The van der Waals surface area contributed by atoms with Gasteiger partial charge in [-0.05, 0) is 57.8 Å². The van der Waals surface area contributed by atoms with E-state index in [9.17, 15) is 19.0 Å². The van der Waals surface area contributed by atoms with Crippen molar-refractivity contribution in [2.45, 2.75) is 219 Å². The molecule has 61 heavy (non-hydrogen) atoms. The number of aliphatic carboxylic acids is 1. The van der Waals surface area contributed by atoms with Crippen molar-refractivity contribution in [1.82, 2.24) is 0 Å². The zero-order valence-electron chi connectivity index (χ0n) is 38.7. The number of esters is 1. The van der Waals surface area contributed by atoms with Crippen LogP contribution in [-0.2, 0) is 32.7 Å². The summed E-state index contributed by atoms with van der Waals surface area (Å²) in [5.41, 5.74) is 5.37. The zero-order valence-corrected chi connectivity index (χ0v) is 39.6. The van der Waals surface area contributed by atoms with Crippen molar-refractivity contribution in [3.63, 3.8) is 0 Å². The minimum Gasteiger partial charge on any atom is -0.480 e. The number of carbonyl (C=O) groups excluding carboxylic acids is 1. The molecule has 0 aliphatic carbocycles. The van der Waals surface area contributed by atoms with E-state index in [1.807, 2.05) is 0 Å². The van der Waals surface area contributed by atoms with Gasteiger partial charge in [0.1, 0.15) is 12.1 Å². The average molecular weight is 880 g/mol. The fourth-order valence-corrected chi connectivity index (χ4v) is 7.35. The topological polar surface area (TPSA) is 155 Å². The lowest BCUT2D eigenvalue weighted by atomic mass is 10.0. The van der Waals surface area contributed by atoms with Crippen LogP contribution in [0.15, 0.2) is 60.8 Å². The number of phosphoric ester groups is 1. The molecule has 0 aromatic heterocycles. The smallest absolute Gasteiger partial charge is 0.472 e. The third-order valence-electron chi connectivity index (χ3n) is 10.3. The van der Waals surface area contributed by atoms with E-state index >= 15 is 0 Å². The Bertz CT molecular complexity index is 1200. The molecule has 3 atom stereocenters. The van der Waals surface area contributed by atoms with Crippen LogP contribution in [0.2, 0.25) is 0 Å². The van der Waals surface area contributed by atoms with Crippen LogP contribution in [0.3, 0.4) is 0 Å². The number of carboxylic acid groups (broad SMARTS) is 1. The standard InChI is InChI=1S/C50H90NO9P/c1-3-5-7-9-11-13-15-17-19-21-23-25-27-29-31-33-35-37-39-41-43-57-44-47(45-58-61(55,56)59-46-48(51)50(53)54)60-49(52)42-40-38-36-34-32-30-28-26-24-22-20-18-16-14-12-10-8-6-4-2/h6,8,12,14,18,20,24,26,30,32,47-48H,3-5,7,9-11,13,15-17,19,21-23,25,27-29,31,33-46,51H2,1-2H3,(H,53,54)(H,55,56)/b8-6-,14-12-,20-18-,26-24-,32-30-. The van der Waals surface area contributed by atoms with E-state index in [4.69, 9.17) is 29.4 Å². The maximum atomic E-state index is 12.7. The molecular weight excluding hydrogens is 790 g/mol. The number of rotatable bonds is 46. The van der Waals surface area contributed by atoms with Crippen LogP contribution >= 0.6 is 7.82 Å². The molecule has 4 N–H and O–H groups in total. The van der Waals surface area contributed by atoms with Crippen molar-refractivity contribution < 1.29 is 42.7 Å².